The van der Waals surface area contributed by atoms with Gasteiger partial charge < -0.3 is 9.15 Å². The molecule has 3 heterocycles. The van der Waals surface area contributed by atoms with Crippen LogP contribution >= 0.6 is 0 Å². The lowest BCUT2D eigenvalue weighted by Crippen LogP contribution is -2.12. The van der Waals surface area contributed by atoms with Gasteiger partial charge in [0, 0.05) is 17.8 Å². The first kappa shape index (κ1) is 19.4. The van der Waals surface area contributed by atoms with Crippen molar-refractivity contribution in [2.45, 2.75) is 11.0 Å². The Kier molecular flexibility index (Phi) is 5.07. The molecule has 11 heteroatoms. The molecule has 9 nitrogen and oxygen atoms in total. The van der Waals surface area contributed by atoms with E-state index in [-0.39, 0.29) is 5.89 Å². The van der Waals surface area contributed by atoms with E-state index in [0.29, 0.717) is 27.2 Å². The number of nitrogens with zero attached hydrogens (tertiary/aromatic N) is 6. The number of nitriles is 1. The Bertz CT molecular complexity index is 1360. The van der Waals surface area contributed by atoms with E-state index in [1.807, 2.05) is 0 Å². The van der Waals surface area contributed by atoms with Gasteiger partial charge in [0.15, 0.2) is 0 Å². The highest BCUT2D eigenvalue weighted by molar-refractivity contribution is 7.93. The summed E-state index contributed by atoms with van der Waals surface area (Å²) in [6.45, 7) is 0. The zero-order valence-electron chi connectivity index (χ0n) is 15.5. The molecule has 4 aromatic rings. The van der Waals surface area contributed by atoms with Crippen molar-refractivity contribution in [2.24, 2.45) is 4.36 Å². The Morgan fingerprint density at radius 1 is 1.23 bits per heavy atom. The van der Waals surface area contributed by atoms with Crippen molar-refractivity contribution < 1.29 is 17.8 Å². The van der Waals surface area contributed by atoms with Crippen LogP contribution in [-0.2, 0) is 9.73 Å². The molecular formula is C19H13FN6O3S. The second-order valence-corrected chi connectivity index (χ2v) is 8.45. The molecule has 0 N–H and O–H groups in total. The molecule has 0 fully saturated rings. The maximum atomic E-state index is 13.3. The summed E-state index contributed by atoms with van der Waals surface area (Å²) in [6.07, 6.45) is 5.71. The summed E-state index contributed by atoms with van der Waals surface area (Å²) in [6, 6.07) is 9.43. The first-order chi connectivity index (χ1) is 14.5. The standard InChI is InChI=1S/C19H13FN6O3S/c1-30(27,25-10-21)15-7-12-6-14(3-5-16(12)23-9-15)29-18(19-26-24-11-28-19)17-4-2-13(20)8-22-17/h2-9,11,18H,1H3. The van der Waals surface area contributed by atoms with Gasteiger partial charge in [-0.2, -0.15) is 5.26 Å². The molecule has 0 spiro atoms. The minimum Gasteiger partial charge on any atom is -0.474 e. The fraction of sp³-hybridized carbons (Fsp3) is 0.105. The third-order valence-corrected chi connectivity index (χ3v) is 5.68. The summed E-state index contributed by atoms with van der Waals surface area (Å²) < 4.78 is 40.6. The Balaban J connectivity index is 1.74. The van der Waals surface area contributed by atoms with Crippen molar-refractivity contribution in [3.05, 3.63) is 72.6 Å². The van der Waals surface area contributed by atoms with Gasteiger partial charge in [0.1, 0.15) is 11.6 Å². The van der Waals surface area contributed by atoms with Crippen LogP contribution in [0.5, 0.6) is 5.75 Å². The predicted octanol–water partition coefficient (Wildman–Crippen LogP) is 3.26. The number of hydrogen-bond donors (Lipinski definition) is 0. The molecule has 0 amide bonds. The summed E-state index contributed by atoms with van der Waals surface area (Å²) in [5, 5.41) is 16.9. The second kappa shape index (κ2) is 7.84. The minimum atomic E-state index is -2.89. The van der Waals surface area contributed by atoms with E-state index < -0.39 is 21.7 Å². The minimum absolute atomic E-state index is 0.144. The van der Waals surface area contributed by atoms with Gasteiger partial charge in [-0.3, -0.25) is 9.97 Å². The molecule has 0 aliphatic carbocycles. The fourth-order valence-corrected chi connectivity index (χ4v) is 3.57. The molecule has 1 aromatic carbocycles. The number of rotatable bonds is 5. The summed E-state index contributed by atoms with van der Waals surface area (Å²) in [4.78, 5) is 8.63. The maximum absolute atomic E-state index is 13.3. The van der Waals surface area contributed by atoms with Crippen LogP contribution in [0.25, 0.3) is 10.9 Å². The van der Waals surface area contributed by atoms with Crippen LogP contribution in [-0.4, -0.2) is 30.6 Å². The molecule has 4 rings (SSSR count). The lowest BCUT2D eigenvalue weighted by atomic mass is 10.2. The Labute approximate surface area is 170 Å². The van der Waals surface area contributed by atoms with Gasteiger partial charge in [-0.25, -0.2) is 8.60 Å². The van der Waals surface area contributed by atoms with E-state index in [1.54, 1.807) is 30.5 Å². The highest BCUT2D eigenvalue weighted by atomic mass is 32.2. The highest BCUT2D eigenvalue weighted by Crippen LogP contribution is 2.29. The Hall–Kier alpha value is -3.91. The zero-order chi connectivity index (χ0) is 21.1. The normalized spacial score (nSPS) is 13.9. The number of fused-ring (bicyclic) bond motifs is 1. The number of benzene rings is 1. The van der Waals surface area contributed by atoms with Crippen molar-refractivity contribution >= 4 is 20.6 Å². The topological polar surface area (TPSA) is 127 Å². The second-order valence-electron chi connectivity index (χ2n) is 6.20. The number of pyridine rings is 2. The smallest absolute Gasteiger partial charge is 0.263 e. The summed E-state index contributed by atoms with van der Waals surface area (Å²) in [5.74, 6) is 0.0689. The third kappa shape index (κ3) is 3.94. The van der Waals surface area contributed by atoms with E-state index in [9.17, 15) is 8.60 Å². The van der Waals surface area contributed by atoms with Gasteiger partial charge in [0.05, 0.1) is 32.0 Å². The zero-order valence-corrected chi connectivity index (χ0v) is 16.3. The first-order valence-electron chi connectivity index (χ1n) is 8.50. The lowest BCUT2D eigenvalue weighted by Gasteiger charge is -2.16. The van der Waals surface area contributed by atoms with E-state index in [2.05, 4.69) is 24.5 Å². The van der Waals surface area contributed by atoms with Gasteiger partial charge >= 0.3 is 0 Å². The highest BCUT2D eigenvalue weighted by Gasteiger charge is 2.23. The lowest BCUT2D eigenvalue weighted by molar-refractivity contribution is 0.203. The molecule has 0 aliphatic rings. The fourth-order valence-electron chi connectivity index (χ4n) is 2.71. The van der Waals surface area contributed by atoms with Crippen molar-refractivity contribution in [1.29, 1.82) is 5.26 Å². The van der Waals surface area contributed by atoms with Crippen LogP contribution in [0.15, 0.2) is 68.9 Å². The van der Waals surface area contributed by atoms with Crippen molar-refractivity contribution in [3.63, 3.8) is 0 Å². The molecule has 0 saturated carbocycles. The number of halogens is 1. The quantitative estimate of drug-likeness (QED) is 0.447. The number of aromatic nitrogens is 4. The van der Waals surface area contributed by atoms with Crippen LogP contribution in [0.2, 0.25) is 0 Å². The van der Waals surface area contributed by atoms with Crippen LogP contribution < -0.4 is 4.74 Å². The molecule has 0 aliphatic heterocycles. The summed E-state index contributed by atoms with van der Waals surface area (Å²) >= 11 is 0. The van der Waals surface area contributed by atoms with Crippen LogP contribution in [0.4, 0.5) is 4.39 Å². The van der Waals surface area contributed by atoms with E-state index in [4.69, 9.17) is 14.4 Å². The van der Waals surface area contributed by atoms with Crippen molar-refractivity contribution in [3.8, 4) is 11.9 Å². The number of ether oxygens (including phenoxy) is 1. The van der Waals surface area contributed by atoms with Gasteiger partial charge in [-0.1, -0.05) is 0 Å². The Morgan fingerprint density at radius 2 is 2.10 bits per heavy atom. The average Bonchev–Trinajstić information content (AvgIpc) is 3.27. The van der Waals surface area contributed by atoms with Crippen molar-refractivity contribution in [2.75, 3.05) is 6.26 Å². The molecule has 3 aromatic heterocycles. The molecule has 30 heavy (non-hydrogen) atoms. The van der Waals surface area contributed by atoms with Crippen LogP contribution in [0.1, 0.15) is 17.7 Å². The first-order valence-corrected chi connectivity index (χ1v) is 10.4. The van der Waals surface area contributed by atoms with Gasteiger partial charge in [-0.15, -0.1) is 14.6 Å². The van der Waals surface area contributed by atoms with E-state index in [1.165, 1.54) is 24.6 Å². The molecule has 2 unspecified atom stereocenters. The van der Waals surface area contributed by atoms with E-state index in [0.717, 1.165) is 12.6 Å². The molecule has 0 saturated heterocycles. The van der Waals surface area contributed by atoms with E-state index >= 15 is 0 Å². The third-order valence-electron chi connectivity index (χ3n) is 4.15. The number of hydrogen-bond acceptors (Lipinski definition) is 9. The molecule has 0 bridgehead atoms. The molecule has 2 atom stereocenters. The van der Waals surface area contributed by atoms with Crippen molar-refractivity contribution in [1.82, 2.24) is 20.2 Å². The largest absolute Gasteiger partial charge is 0.474 e. The maximum Gasteiger partial charge on any atom is 0.263 e. The molecule has 0 radical (unpaired) electrons. The molecular weight excluding hydrogens is 411 g/mol. The average molecular weight is 424 g/mol. The predicted molar refractivity (Wildman–Crippen MR) is 103 cm³/mol. The van der Waals surface area contributed by atoms with Crippen LogP contribution in [0, 0.1) is 17.3 Å². The van der Waals surface area contributed by atoms with Gasteiger partial charge in [0.2, 0.25) is 18.7 Å². The van der Waals surface area contributed by atoms with Gasteiger partial charge in [-0.05, 0) is 36.4 Å². The SMILES string of the molecule is CS(=O)(=NC#N)c1cnc2ccc(OC(c3ccc(F)cn3)c3nnco3)cc2c1. The monoisotopic (exact) mass is 424 g/mol. The van der Waals surface area contributed by atoms with Crippen LogP contribution in [0.3, 0.4) is 0 Å². The molecule has 150 valence electrons. The summed E-state index contributed by atoms with van der Waals surface area (Å²) in [7, 11) is -2.89. The summed E-state index contributed by atoms with van der Waals surface area (Å²) in [5.41, 5.74) is 1.00. The Morgan fingerprint density at radius 3 is 2.80 bits per heavy atom. The van der Waals surface area contributed by atoms with Gasteiger partial charge in [0.25, 0.3) is 5.89 Å².